The van der Waals surface area contributed by atoms with Crippen molar-refractivity contribution in [2.24, 2.45) is 0 Å². The van der Waals surface area contributed by atoms with E-state index in [9.17, 15) is 9.59 Å². The Hall–Kier alpha value is -1.96. The highest BCUT2D eigenvalue weighted by atomic mass is 16.5. The number of nitrogens with one attached hydrogen (secondary N) is 1. The van der Waals surface area contributed by atoms with Gasteiger partial charge in [0.05, 0.1) is 6.10 Å². The van der Waals surface area contributed by atoms with Crippen LogP contribution in [0.1, 0.15) is 35.7 Å². The summed E-state index contributed by atoms with van der Waals surface area (Å²) in [6.45, 7) is 1.70. The predicted molar refractivity (Wildman–Crippen MR) is 77.3 cm³/mol. The topological polar surface area (TPSA) is 89.3 Å². The number of carbonyl (C=O) groups excluding carboxylic acids is 2. The lowest BCUT2D eigenvalue weighted by molar-refractivity contribution is -0.146. The molecule has 1 saturated heterocycles. The van der Waals surface area contributed by atoms with Crippen LogP contribution in [-0.2, 0) is 22.5 Å². The first kappa shape index (κ1) is 15.0. The van der Waals surface area contributed by atoms with Crippen LogP contribution in [0.15, 0.2) is 0 Å². The summed E-state index contributed by atoms with van der Waals surface area (Å²) in [6, 6.07) is 0. The lowest BCUT2D eigenvalue weighted by Gasteiger charge is -2.29. The summed E-state index contributed by atoms with van der Waals surface area (Å²) in [5, 5.41) is 11.0. The lowest BCUT2D eigenvalue weighted by atomic mass is 10.2. The molecule has 0 radical (unpaired) electrons. The minimum atomic E-state index is -0.233. The highest BCUT2D eigenvalue weighted by Crippen LogP contribution is 2.14. The number of rotatable bonds is 3. The van der Waals surface area contributed by atoms with Gasteiger partial charge in [0.15, 0.2) is 0 Å². The van der Waals surface area contributed by atoms with E-state index < -0.39 is 0 Å². The van der Waals surface area contributed by atoms with E-state index >= 15 is 0 Å². The number of ether oxygens (including phenoxy) is 1. The maximum atomic E-state index is 12.3. The second-order valence-electron chi connectivity index (χ2n) is 5.82. The van der Waals surface area contributed by atoms with Gasteiger partial charge in [-0.2, -0.15) is 0 Å². The van der Waals surface area contributed by atoms with Gasteiger partial charge in [-0.05, 0) is 12.8 Å². The van der Waals surface area contributed by atoms with Gasteiger partial charge < -0.3 is 19.5 Å². The van der Waals surface area contributed by atoms with Gasteiger partial charge >= 0.3 is 0 Å². The number of amides is 2. The Morgan fingerprint density at radius 2 is 2.23 bits per heavy atom. The monoisotopic (exact) mass is 307 g/mol. The molecule has 0 saturated carbocycles. The standard InChI is InChI=1S/C14H21N5O3/c1-18-8-10(22-9-12(18)20)7-15-14(21)13-17-16-11-5-3-2-4-6-19(11)13/h10H,2-9H2,1H3,(H,15,21)/t10-/m0/s1. The van der Waals surface area contributed by atoms with E-state index in [-0.39, 0.29) is 24.5 Å². The zero-order valence-corrected chi connectivity index (χ0v) is 12.7. The fourth-order valence-electron chi connectivity index (χ4n) is 2.82. The van der Waals surface area contributed by atoms with Crippen molar-refractivity contribution in [2.45, 2.75) is 38.3 Å². The van der Waals surface area contributed by atoms with Crippen LogP contribution in [-0.4, -0.2) is 64.3 Å². The normalized spacial score (nSPS) is 22.1. The van der Waals surface area contributed by atoms with E-state index in [0.29, 0.717) is 18.9 Å². The number of hydrogen-bond donors (Lipinski definition) is 1. The Kier molecular flexibility index (Phi) is 4.37. The molecule has 0 aromatic carbocycles. The molecule has 3 rings (SSSR count). The number of morpholine rings is 1. The molecule has 22 heavy (non-hydrogen) atoms. The fraction of sp³-hybridized carbons (Fsp3) is 0.714. The molecule has 120 valence electrons. The summed E-state index contributed by atoms with van der Waals surface area (Å²) in [5.74, 6) is 0.994. The Bertz CT molecular complexity index is 571. The summed E-state index contributed by atoms with van der Waals surface area (Å²) < 4.78 is 7.33. The number of fused-ring (bicyclic) bond motifs is 1. The van der Waals surface area contributed by atoms with Gasteiger partial charge in [-0.25, -0.2) is 0 Å². The van der Waals surface area contributed by atoms with Crippen LogP contribution >= 0.6 is 0 Å². The highest BCUT2D eigenvalue weighted by Gasteiger charge is 2.25. The maximum Gasteiger partial charge on any atom is 0.289 e. The molecule has 0 bridgehead atoms. The van der Waals surface area contributed by atoms with Crippen molar-refractivity contribution in [3.05, 3.63) is 11.6 Å². The molecule has 2 amide bonds. The minimum absolute atomic E-state index is 0.0367. The van der Waals surface area contributed by atoms with E-state index in [2.05, 4.69) is 15.5 Å². The van der Waals surface area contributed by atoms with E-state index in [1.165, 1.54) is 0 Å². The van der Waals surface area contributed by atoms with E-state index in [4.69, 9.17) is 4.74 Å². The van der Waals surface area contributed by atoms with Gasteiger partial charge in [-0.3, -0.25) is 9.59 Å². The van der Waals surface area contributed by atoms with Crippen LogP contribution in [0.5, 0.6) is 0 Å². The third-order valence-corrected chi connectivity index (χ3v) is 4.15. The summed E-state index contributed by atoms with van der Waals surface area (Å²) >= 11 is 0. The first-order chi connectivity index (χ1) is 10.6. The van der Waals surface area contributed by atoms with Gasteiger partial charge in [0, 0.05) is 33.1 Å². The molecule has 0 spiro atoms. The van der Waals surface area contributed by atoms with Crippen LogP contribution in [0.3, 0.4) is 0 Å². The van der Waals surface area contributed by atoms with Gasteiger partial charge in [-0.1, -0.05) is 6.42 Å². The van der Waals surface area contributed by atoms with Crippen LogP contribution in [0.2, 0.25) is 0 Å². The van der Waals surface area contributed by atoms with E-state index in [1.807, 2.05) is 4.57 Å². The van der Waals surface area contributed by atoms with Crippen molar-refractivity contribution in [1.82, 2.24) is 25.0 Å². The second-order valence-corrected chi connectivity index (χ2v) is 5.82. The van der Waals surface area contributed by atoms with Crippen molar-refractivity contribution >= 4 is 11.8 Å². The lowest BCUT2D eigenvalue weighted by Crippen LogP contribution is -2.49. The van der Waals surface area contributed by atoms with Gasteiger partial charge in [0.1, 0.15) is 12.4 Å². The van der Waals surface area contributed by atoms with Crippen LogP contribution in [0.4, 0.5) is 0 Å². The molecular weight excluding hydrogens is 286 g/mol. The number of aromatic nitrogens is 3. The van der Waals surface area contributed by atoms with Gasteiger partial charge in [-0.15, -0.1) is 10.2 Å². The molecule has 2 aliphatic heterocycles. The molecule has 1 atom stereocenters. The first-order valence-electron chi connectivity index (χ1n) is 7.71. The predicted octanol–water partition coefficient (Wildman–Crippen LogP) is -0.409. The molecular formula is C14H21N5O3. The SMILES string of the molecule is CN1C[C@H](CNC(=O)c2nnc3n2CCCCC3)OCC1=O. The average Bonchev–Trinajstić information content (AvgIpc) is 2.77. The highest BCUT2D eigenvalue weighted by molar-refractivity contribution is 5.90. The summed E-state index contributed by atoms with van der Waals surface area (Å²) in [5.41, 5.74) is 0. The Balaban J connectivity index is 1.58. The van der Waals surface area contributed by atoms with E-state index in [1.54, 1.807) is 11.9 Å². The zero-order chi connectivity index (χ0) is 15.5. The van der Waals surface area contributed by atoms with E-state index in [0.717, 1.165) is 38.1 Å². The molecule has 1 aromatic heterocycles. The Labute approximate surface area is 128 Å². The second kappa shape index (κ2) is 6.43. The first-order valence-corrected chi connectivity index (χ1v) is 7.71. The molecule has 1 fully saturated rings. The van der Waals surface area contributed by atoms with Crippen molar-refractivity contribution in [2.75, 3.05) is 26.7 Å². The number of hydrogen-bond acceptors (Lipinski definition) is 5. The molecule has 1 aromatic rings. The average molecular weight is 307 g/mol. The molecule has 2 aliphatic rings. The molecule has 8 heteroatoms. The van der Waals surface area contributed by atoms with Crippen molar-refractivity contribution in [3.63, 3.8) is 0 Å². The van der Waals surface area contributed by atoms with Crippen molar-refractivity contribution in [1.29, 1.82) is 0 Å². The third-order valence-electron chi connectivity index (χ3n) is 4.15. The Morgan fingerprint density at radius 1 is 1.36 bits per heavy atom. The fourth-order valence-corrected chi connectivity index (χ4v) is 2.82. The molecule has 8 nitrogen and oxygen atoms in total. The summed E-state index contributed by atoms with van der Waals surface area (Å²) in [6.07, 6.45) is 3.98. The number of aryl methyl sites for hydroxylation is 1. The molecule has 1 N–H and O–H groups in total. The van der Waals surface area contributed by atoms with Gasteiger partial charge in [0.2, 0.25) is 11.7 Å². The quantitative estimate of drug-likeness (QED) is 0.820. The molecule has 0 aliphatic carbocycles. The Morgan fingerprint density at radius 3 is 3.05 bits per heavy atom. The third kappa shape index (κ3) is 3.11. The summed E-state index contributed by atoms with van der Waals surface area (Å²) in [7, 11) is 1.73. The van der Waals surface area contributed by atoms with Crippen molar-refractivity contribution in [3.8, 4) is 0 Å². The van der Waals surface area contributed by atoms with Crippen LogP contribution in [0, 0.1) is 0 Å². The van der Waals surface area contributed by atoms with Crippen LogP contribution < -0.4 is 5.32 Å². The van der Waals surface area contributed by atoms with Crippen molar-refractivity contribution < 1.29 is 14.3 Å². The largest absolute Gasteiger partial charge is 0.365 e. The van der Waals surface area contributed by atoms with Crippen LogP contribution in [0.25, 0.3) is 0 Å². The number of nitrogens with zero attached hydrogens (tertiary/aromatic N) is 4. The van der Waals surface area contributed by atoms with Gasteiger partial charge in [0.25, 0.3) is 5.91 Å². The molecule has 3 heterocycles. The number of likely N-dealkylation sites (N-methyl/N-ethyl adjacent to an activating group) is 1. The zero-order valence-electron chi connectivity index (χ0n) is 12.7. The number of carbonyl (C=O) groups is 2. The summed E-state index contributed by atoms with van der Waals surface area (Å²) in [4.78, 5) is 25.3. The minimum Gasteiger partial charge on any atom is -0.365 e. The molecule has 0 unspecified atom stereocenters. The smallest absolute Gasteiger partial charge is 0.289 e. The maximum absolute atomic E-state index is 12.3.